The van der Waals surface area contributed by atoms with Crippen molar-refractivity contribution in [1.29, 1.82) is 0 Å². The lowest BCUT2D eigenvalue weighted by atomic mass is 10.2. The molecule has 110 valence electrons. The molecule has 1 atom stereocenters. The molecule has 5 nitrogen and oxygen atoms in total. The first kappa shape index (κ1) is 14.3. The van der Waals surface area contributed by atoms with Gasteiger partial charge in [-0.15, -0.1) is 11.8 Å². The molecule has 1 fully saturated rings. The predicted molar refractivity (Wildman–Crippen MR) is 77.3 cm³/mol. The maximum atomic E-state index is 14.0. The lowest BCUT2D eigenvalue weighted by Gasteiger charge is -2.18. The van der Waals surface area contributed by atoms with Crippen molar-refractivity contribution < 1.29 is 13.7 Å². The van der Waals surface area contributed by atoms with Gasteiger partial charge in [-0.3, -0.25) is 4.79 Å². The molecule has 1 saturated heterocycles. The zero-order valence-electron chi connectivity index (χ0n) is 11.0. The van der Waals surface area contributed by atoms with Gasteiger partial charge < -0.3 is 9.42 Å². The van der Waals surface area contributed by atoms with Gasteiger partial charge in [0.15, 0.2) is 5.82 Å². The third-order valence-corrected chi connectivity index (χ3v) is 4.51. The van der Waals surface area contributed by atoms with Crippen molar-refractivity contribution in [3.05, 3.63) is 34.9 Å². The molecule has 0 radical (unpaired) electrons. The number of aromatic nitrogens is 2. The minimum Gasteiger partial charge on any atom is -0.337 e. The van der Waals surface area contributed by atoms with Crippen LogP contribution < -0.4 is 0 Å². The summed E-state index contributed by atoms with van der Waals surface area (Å²) in [6.07, 6.45) is 0. The smallest absolute Gasteiger partial charge is 0.250 e. The average molecular weight is 328 g/mol. The monoisotopic (exact) mass is 327 g/mol. The second-order valence-electron chi connectivity index (χ2n) is 4.56. The Labute approximate surface area is 129 Å². The molecule has 0 bridgehead atoms. The molecule has 2 heterocycles. The van der Waals surface area contributed by atoms with Crippen LogP contribution in [0.25, 0.3) is 11.4 Å². The van der Waals surface area contributed by atoms with Crippen molar-refractivity contribution >= 4 is 29.3 Å². The van der Waals surface area contributed by atoms with E-state index < -0.39 is 5.82 Å². The van der Waals surface area contributed by atoms with Gasteiger partial charge in [-0.05, 0) is 12.1 Å². The summed E-state index contributed by atoms with van der Waals surface area (Å²) in [6, 6.07) is 4.33. The summed E-state index contributed by atoms with van der Waals surface area (Å²) in [6.45, 7) is 1.49. The fourth-order valence-electron chi connectivity index (χ4n) is 2.11. The van der Waals surface area contributed by atoms with E-state index in [4.69, 9.17) is 16.1 Å². The largest absolute Gasteiger partial charge is 0.337 e. The molecule has 1 aliphatic heterocycles. The summed E-state index contributed by atoms with van der Waals surface area (Å²) in [5.74, 6) is 1.06. The minimum atomic E-state index is -0.587. The molecule has 1 amide bonds. The first-order valence-electron chi connectivity index (χ1n) is 6.21. The molecule has 0 aliphatic carbocycles. The van der Waals surface area contributed by atoms with Gasteiger partial charge in [0.2, 0.25) is 11.7 Å². The summed E-state index contributed by atoms with van der Waals surface area (Å²) in [5, 5.41) is 3.80. The molecule has 2 aromatic rings. The number of rotatable bonds is 2. The molecule has 0 N–H and O–H groups in total. The molecule has 1 aromatic heterocycles. The highest BCUT2D eigenvalue weighted by atomic mass is 35.5. The Morgan fingerprint density at radius 1 is 1.57 bits per heavy atom. The average Bonchev–Trinajstić information content (AvgIpc) is 3.09. The van der Waals surface area contributed by atoms with Crippen molar-refractivity contribution in [2.45, 2.75) is 13.0 Å². The van der Waals surface area contributed by atoms with E-state index in [-0.39, 0.29) is 28.4 Å². The van der Waals surface area contributed by atoms with E-state index in [0.29, 0.717) is 17.5 Å². The number of carbonyl (C=O) groups is 1. The number of amides is 1. The molecule has 0 unspecified atom stereocenters. The maximum absolute atomic E-state index is 14.0. The van der Waals surface area contributed by atoms with Gasteiger partial charge in [0, 0.05) is 12.7 Å². The fourth-order valence-corrected chi connectivity index (χ4v) is 3.50. The number of nitrogens with zero attached hydrogens (tertiary/aromatic N) is 3. The third-order valence-electron chi connectivity index (χ3n) is 3.21. The summed E-state index contributed by atoms with van der Waals surface area (Å²) in [7, 11) is 0. The summed E-state index contributed by atoms with van der Waals surface area (Å²) in [5.41, 5.74) is 0.178. The highest BCUT2D eigenvalue weighted by Gasteiger charge is 2.33. The summed E-state index contributed by atoms with van der Waals surface area (Å²) < 4.78 is 19.2. The van der Waals surface area contributed by atoms with Gasteiger partial charge in [0.25, 0.3) is 5.89 Å². The Balaban J connectivity index is 1.93. The fraction of sp³-hybridized carbons (Fsp3) is 0.308. The standard InChI is InChI=1S/C13H11ClFN3O2S/c1-7(19)18-6-21-5-10(18)13-16-12(17-20-13)8-3-2-4-9(14)11(8)15/h2-4,10H,5-6H2,1H3/t10-/m1/s1. The van der Waals surface area contributed by atoms with Crippen molar-refractivity contribution in [1.82, 2.24) is 15.0 Å². The maximum Gasteiger partial charge on any atom is 0.250 e. The van der Waals surface area contributed by atoms with Crippen LogP contribution in [-0.4, -0.2) is 32.6 Å². The highest BCUT2D eigenvalue weighted by Crippen LogP contribution is 2.33. The molecule has 0 saturated carbocycles. The normalized spacial score (nSPS) is 18.2. The van der Waals surface area contributed by atoms with E-state index in [9.17, 15) is 9.18 Å². The van der Waals surface area contributed by atoms with Crippen LogP contribution in [0.1, 0.15) is 18.9 Å². The van der Waals surface area contributed by atoms with Crippen LogP contribution in [0.3, 0.4) is 0 Å². The molecule has 8 heteroatoms. The van der Waals surface area contributed by atoms with Gasteiger partial charge in [-0.1, -0.05) is 22.8 Å². The number of hydrogen-bond acceptors (Lipinski definition) is 5. The molecule has 1 aromatic carbocycles. The highest BCUT2D eigenvalue weighted by molar-refractivity contribution is 7.99. The van der Waals surface area contributed by atoms with Crippen molar-refractivity contribution in [3.63, 3.8) is 0 Å². The Hall–Kier alpha value is -1.60. The number of halogens is 2. The number of benzene rings is 1. The van der Waals surface area contributed by atoms with Gasteiger partial charge in [-0.2, -0.15) is 4.98 Å². The van der Waals surface area contributed by atoms with Crippen LogP contribution >= 0.6 is 23.4 Å². The quantitative estimate of drug-likeness (QED) is 0.848. The zero-order chi connectivity index (χ0) is 15.0. The van der Waals surface area contributed by atoms with E-state index >= 15 is 0 Å². The molecule has 1 aliphatic rings. The lowest BCUT2D eigenvalue weighted by Crippen LogP contribution is -2.28. The van der Waals surface area contributed by atoms with E-state index in [0.717, 1.165) is 0 Å². The molecule has 0 spiro atoms. The SMILES string of the molecule is CC(=O)N1CSC[C@@H]1c1nc(-c2cccc(Cl)c2F)no1. The van der Waals surface area contributed by atoms with Crippen LogP contribution in [0.15, 0.2) is 22.7 Å². The van der Waals surface area contributed by atoms with E-state index in [2.05, 4.69) is 10.1 Å². The van der Waals surface area contributed by atoms with Crippen LogP contribution in [0.5, 0.6) is 0 Å². The Morgan fingerprint density at radius 2 is 2.38 bits per heavy atom. The van der Waals surface area contributed by atoms with Gasteiger partial charge in [-0.25, -0.2) is 4.39 Å². The second-order valence-corrected chi connectivity index (χ2v) is 5.97. The predicted octanol–water partition coefficient (Wildman–Crippen LogP) is 3.12. The number of carbonyl (C=O) groups excluding carboxylic acids is 1. The van der Waals surface area contributed by atoms with Crippen LogP contribution in [0.2, 0.25) is 5.02 Å². The van der Waals surface area contributed by atoms with Crippen molar-refractivity contribution in [2.75, 3.05) is 11.6 Å². The van der Waals surface area contributed by atoms with Crippen LogP contribution in [-0.2, 0) is 4.79 Å². The van der Waals surface area contributed by atoms with Gasteiger partial charge in [0.05, 0.1) is 16.5 Å². The first-order chi connectivity index (χ1) is 10.1. The van der Waals surface area contributed by atoms with Crippen molar-refractivity contribution in [3.8, 4) is 11.4 Å². The molecule has 3 rings (SSSR count). The Kier molecular flexibility index (Phi) is 3.86. The van der Waals surface area contributed by atoms with E-state index in [1.165, 1.54) is 19.1 Å². The number of hydrogen-bond donors (Lipinski definition) is 0. The summed E-state index contributed by atoms with van der Waals surface area (Å²) >= 11 is 7.35. The summed E-state index contributed by atoms with van der Waals surface area (Å²) in [4.78, 5) is 17.4. The minimum absolute atomic E-state index is 0.000587. The van der Waals surface area contributed by atoms with E-state index in [1.54, 1.807) is 22.7 Å². The topological polar surface area (TPSA) is 59.2 Å². The zero-order valence-corrected chi connectivity index (χ0v) is 12.6. The van der Waals surface area contributed by atoms with Gasteiger partial charge in [0.1, 0.15) is 6.04 Å². The third kappa shape index (κ3) is 2.63. The second kappa shape index (κ2) is 5.65. The van der Waals surface area contributed by atoms with E-state index in [1.807, 2.05) is 0 Å². The van der Waals surface area contributed by atoms with Crippen molar-refractivity contribution in [2.24, 2.45) is 0 Å². The number of thioether (sulfide) groups is 1. The Morgan fingerprint density at radius 3 is 3.14 bits per heavy atom. The molecular formula is C13H11ClFN3O2S. The molecular weight excluding hydrogens is 317 g/mol. The lowest BCUT2D eigenvalue weighted by molar-refractivity contribution is -0.129. The van der Waals surface area contributed by atoms with Gasteiger partial charge >= 0.3 is 0 Å². The first-order valence-corrected chi connectivity index (χ1v) is 7.74. The van der Waals surface area contributed by atoms with Crippen LogP contribution in [0, 0.1) is 5.82 Å². The Bertz CT molecular complexity index is 694. The molecule has 21 heavy (non-hydrogen) atoms. The van der Waals surface area contributed by atoms with Crippen LogP contribution in [0.4, 0.5) is 4.39 Å².